The SMILES string of the molecule is CN(CCc1cnn(C)c1)C(=O)c1cn(Cc2cccc(C(F)(F)F)c2)nn1. The van der Waals surface area contributed by atoms with Crippen LogP contribution >= 0.6 is 0 Å². The number of halogens is 3. The Hall–Kier alpha value is -3.17. The molecule has 2 aromatic heterocycles. The molecule has 3 rings (SSSR count). The Morgan fingerprint density at radius 1 is 1.21 bits per heavy atom. The van der Waals surface area contributed by atoms with Gasteiger partial charge in [-0.1, -0.05) is 17.3 Å². The molecule has 148 valence electrons. The molecular weight excluding hydrogens is 373 g/mol. The molecule has 0 radical (unpaired) electrons. The van der Waals surface area contributed by atoms with Gasteiger partial charge in [0.25, 0.3) is 5.91 Å². The van der Waals surface area contributed by atoms with Crippen molar-refractivity contribution in [2.24, 2.45) is 7.05 Å². The van der Waals surface area contributed by atoms with E-state index >= 15 is 0 Å². The number of alkyl halides is 3. The first-order valence-corrected chi connectivity index (χ1v) is 8.51. The summed E-state index contributed by atoms with van der Waals surface area (Å²) in [7, 11) is 3.48. The van der Waals surface area contributed by atoms with Gasteiger partial charge in [0.1, 0.15) is 0 Å². The van der Waals surface area contributed by atoms with Gasteiger partial charge in [0.15, 0.2) is 5.69 Å². The maximum atomic E-state index is 12.8. The van der Waals surface area contributed by atoms with Crippen LogP contribution in [0, 0.1) is 0 Å². The van der Waals surface area contributed by atoms with Crippen LogP contribution in [-0.2, 0) is 26.2 Å². The van der Waals surface area contributed by atoms with E-state index in [2.05, 4.69) is 15.4 Å². The Balaban J connectivity index is 1.62. The minimum Gasteiger partial charge on any atom is -0.340 e. The van der Waals surface area contributed by atoms with Crippen molar-refractivity contribution in [3.63, 3.8) is 0 Å². The average molecular weight is 392 g/mol. The van der Waals surface area contributed by atoms with E-state index in [1.165, 1.54) is 21.8 Å². The third kappa shape index (κ3) is 4.76. The van der Waals surface area contributed by atoms with Crippen LogP contribution in [0.3, 0.4) is 0 Å². The fraction of sp³-hybridized carbons (Fsp3) is 0.333. The van der Waals surface area contributed by atoms with E-state index < -0.39 is 11.7 Å². The molecule has 0 aliphatic heterocycles. The van der Waals surface area contributed by atoms with E-state index in [1.54, 1.807) is 24.0 Å². The number of benzene rings is 1. The van der Waals surface area contributed by atoms with Crippen molar-refractivity contribution < 1.29 is 18.0 Å². The van der Waals surface area contributed by atoms with Crippen molar-refractivity contribution in [2.75, 3.05) is 13.6 Å². The van der Waals surface area contributed by atoms with E-state index in [9.17, 15) is 18.0 Å². The third-order valence-electron chi connectivity index (χ3n) is 4.20. The van der Waals surface area contributed by atoms with Gasteiger partial charge in [-0.15, -0.1) is 5.10 Å². The van der Waals surface area contributed by atoms with Crippen LogP contribution in [0.5, 0.6) is 0 Å². The first kappa shape index (κ1) is 19.6. The molecule has 0 N–H and O–H groups in total. The Morgan fingerprint density at radius 3 is 2.68 bits per heavy atom. The number of carbonyl (C=O) groups excluding carboxylic acids is 1. The van der Waals surface area contributed by atoms with Gasteiger partial charge in [-0.25, -0.2) is 4.68 Å². The van der Waals surface area contributed by atoms with Gasteiger partial charge in [0.2, 0.25) is 0 Å². The van der Waals surface area contributed by atoms with Gasteiger partial charge in [-0.05, 0) is 29.7 Å². The summed E-state index contributed by atoms with van der Waals surface area (Å²) in [5.74, 6) is -0.306. The minimum atomic E-state index is -4.41. The van der Waals surface area contributed by atoms with E-state index in [-0.39, 0.29) is 18.1 Å². The summed E-state index contributed by atoms with van der Waals surface area (Å²) >= 11 is 0. The smallest absolute Gasteiger partial charge is 0.340 e. The van der Waals surface area contributed by atoms with Crippen molar-refractivity contribution in [2.45, 2.75) is 19.1 Å². The Bertz CT molecular complexity index is 962. The third-order valence-corrected chi connectivity index (χ3v) is 4.20. The monoisotopic (exact) mass is 392 g/mol. The van der Waals surface area contributed by atoms with Crippen LogP contribution in [0.4, 0.5) is 13.2 Å². The number of amides is 1. The molecule has 1 aromatic carbocycles. The highest BCUT2D eigenvalue weighted by molar-refractivity contribution is 5.91. The molecule has 0 aliphatic rings. The fourth-order valence-corrected chi connectivity index (χ4v) is 2.70. The highest BCUT2D eigenvalue weighted by atomic mass is 19.4. The lowest BCUT2D eigenvalue weighted by atomic mass is 10.1. The molecule has 0 bridgehead atoms. The first-order valence-electron chi connectivity index (χ1n) is 8.51. The maximum Gasteiger partial charge on any atom is 0.416 e. The number of carbonyl (C=O) groups is 1. The van der Waals surface area contributed by atoms with Crippen LogP contribution in [-0.4, -0.2) is 49.2 Å². The number of hydrogen-bond donors (Lipinski definition) is 0. The summed E-state index contributed by atoms with van der Waals surface area (Å²) in [5, 5.41) is 11.8. The van der Waals surface area contributed by atoms with Crippen LogP contribution in [0.1, 0.15) is 27.2 Å². The van der Waals surface area contributed by atoms with E-state index in [0.29, 0.717) is 18.5 Å². The molecule has 0 fully saturated rings. The van der Waals surface area contributed by atoms with Crippen molar-refractivity contribution in [3.05, 3.63) is 65.2 Å². The van der Waals surface area contributed by atoms with E-state index in [1.807, 2.05) is 13.2 Å². The Labute approximate surface area is 159 Å². The summed E-state index contributed by atoms with van der Waals surface area (Å²) in [6.45, 7) is 0.564. The molecule has 28 heavy (non-hydrogen) atoms. The zero-order valence-electron chi connectivity index (χ0n) is 15.4. The fourth-order valence-electron chi connectivity index (χ4n) is 2.70. The lowest BCUT2D eigenvalue weighted by Gasteiger charge is -2.14. The predicted octanol–water partition coefficient (Wildman–Crippen LogP) is 2.39. The molecule has 3 aromatic rings. The molecule has 0 saturated carbocycles. The second kappa shape index (κ2) is 7.83. The minimum absolute atomic E-state index is 0.0869. The summed E-state index contributed by atoms with van der Waals surface area (Å²) < 4.78 is 41.5. The zero-order valence-corrected chi connectivity index (χ0v) is 15.4. The topological polar surface area (TPSA) is 68.8 Å². The Kier molecular flexibility index (Phi) is 5.48. The summed E-state index contributed by atoms with van der Waals surface area (Å²) in [5.41, 5.74) is 0.844. The molecule has 1 amide bonds. The molecule has 0 unspecified atom stereocenters. The molecule has 2 heterocycles. The average Bonchev–Trinajstić information content (AvgIpc) is 3.27. The van der Waals surface area contributed by atoms with Crippen molar-refractivity contribution >= 4 is 5.91 Å². The van der Waals surface area contributed by atoms with Gasteiger partial charge in [0.05, 0.1) is 24.5 Å². The highest BCUT2D eigenvalue weighted by Crippen LogP contribution is 2.29. The molecule has 7 nitrogen and oxygen atoms in total. The number of aryl methyl sites for hydroxylation is 1. The van der Waals surface area contributed by atoms with Crippen molar-refractivity contribution in [1.82, 2.24) is 29.7 Å². The lowest BCUT2D eigenvalue weighted by molar-refractivity contribution is -0.137. The van der Waals surface area contributed by atoms with Crippen LogP contribution in [0.15, 0.2) is 42.9 Å². The second-order valence-electron chi connectivity index (χ2n) is 6.50. The Morgan fingerprint density at radius 2 is 2.00 bits per heavy atom. The van der Waals surface area contributed by atoms with Gasteiger partial charge in [-0.3, -0.25) is 9.48 Å². The number of nitrogens with zero attached hydrogens (tertiary/aromatic N) is 6. The first-order chi connectivity index (χ1) is 13.2. The van der Waals surface area contributed by atoms with Gasteiger partial charge < -0.3 is 4.90 Å². The van der Waals surface area contributed by atoms with Crippen LogP contribution in [0.25, 0.3) is 0 Å². The molecule has 0 atom stereocenters. The predicted molar refractivity (Wildman–Crippen MR) is 94.4 cm³/mol. The highest BCUT2D eigenvalue weighted by Gasteiger charge is 2.30. The summed E-state index contributed by atoms with van der Waals surface area (Å²) in [6, 6.07) is 4.98. The van der Waals surface area contributed by atoms with Gasteiger partial charge in [0, 0.05) is 26.8 Å². The van der Waals surface area contributed by atoms with Crippen LogP contribution in [0.2, 0.25) is 0 Å². The standard InChI is InChI=1S/C18H19F3N6O/c1-25(7-6-14-9-22-26(2)10-14)17(28)16-12-27(24-23-16)11-13-4-3-5-15(8-13)18(19,20)21/h3-5,8-10,12H,6-7,11H2,1-2H3. The molecular formula is C18H19F3N6O. The summed E-state index contributed by atoms with van der Waals surface area (Å²) in [4.78, 5) is 14.0. The lowest BCUT2D eigenvalue weighted by Crippen LogP contribution is -2.29. The number of aromatic nitrogens is 5. The zero-order chi connectivity index (χ0) is 20.3. The number of hydrogen-bond acceptors (Lipinski definition) is 4. The summed E-state index contributed by atoms with van der Waals surface area (Å²) in [6.07, 6.45) is 1.29. The number of rotatable bonds is 6. The maximum absolute atomic E-state index is 12.8. The van der Waals surface area contributed by atoms with E-state index in [0.717, 1.165) is 17.7 Å². The largest absolute Gasteiger partial charge is 0.416 e. The molecule has 0 aliphatic carbocycles. The van der Waals surface area contributed by atoms with Crippen LogP contribution < -0.4 is 0 Å². The molecule has 0 saturated heterocycles. The van der Waals surface area contributed by atoms with Gasteiger partial charge in [-0.2, -0.15) is 18.3 Å². The normalized spacial score (nSPS) is 11.6. The van der Waals surface area contributed by atoms with Crippen molar-refractivity contribution in [1.29, 1.82) is 0 Å². The number of likely N-dealkylation sites (N-methyl/N-ethyl adjacent to an activating group) is 1. The molecule has 10 heteroatoms. The van der Waals surface area contributed by atoms with Crippen molar-refractivity contribution in [3.8, 4) is 0 Å². The molecule has 0 spiro atoms. The second-order valence-corrected chi connectivity index (χ2v) is 6.50. The quantitative estimate of drug-likeness (QED) is 0.646. The van der Waals surface area contributed by atoms with Gasteiger partial charge >= 0.3 is 6.18 Å². The van der Waals surface area contributed by atoms with E-state index in [4.69, 9.17) is 0 Å².